The predicted octanol–water partition coefficient (Wildman–Crippen LogP) is 6.94. The number of unbranched alkanes of at least 4 members (excludes halogenated alkanes) is 3. The summed E-state index contributed by atoms with van der Waals surface area (Å²) in [5, 5.41) is 8.44. The number of nitrogens with zero attached hydrogens (tertiary/aromatic N) is 1. The fourth-order valence-corrected chi connectivity index (χ4v) is 3.97. The molecule has 3 nitrogen and oxygen atoms in total. The molecule has 1 fully saturated rings. The number of allylic oxidation sites excluding steroid dienone is 4. The molecule has 0 aromatic heterocycles. The van der Waals surface area contributed by atoms with Crippen LogP contribution < -0.4 is 4.74 Å². The van der Waals surface area contributed by atoms with Crippen molar-refractivity contribution in [1.82, 2.24) is 0 Å². The van der Waals surface area contributed by atoms with E-state index in [0.29, 0.717) is 11.7 Å². The Morgan fingerprint density at radius 1 is 1.10 bits per heavy atom. The highest BCUT2D eigenvalue weighted by Gasteiger charge is 2.27. The van der Waals surface area contributed by atoms with Gasteiger partial charge in [0, 0.05) is 6.08 Å². The van der Waals surface area contributed by atoms with Gasteiger partial charge in [0.05, 0.1) is 12.0 Å². The molecule has 0 unspecified atom stereocenters. The third-order valence-corrected chi connectivity index (χ3v) is 5.80. The normalized spacial score (nSPS) is 19.4. The van der Waals surface area contributed by atoms with Crippen molar-refractivity contribution in [3.05, 3.63) is 54.1 Å². The van der Waals surface area contributed by atoms with E-state index in [-0.39, 0.29) is 11.9 Å². The van der Waals surface area contributed by atoms with Crippen LogP contribution in [0, 0.1) is 23.2 Å². The zero-order chi connectivity index (χ0) is 20.7. The van der Waals surface area contributed by atoms with Gasteiger partial charge >= 0.3 is 5.97 Å². The molecule has 1 aromatic carbocycles. The van der Waals surface area contributed by atoms with Crippen LogP contribution in [0.3, 0.4) is 0 Å². The van der Waals surface area contributed by atoms with E-state index in [4.69, 9.17) is 10.00 Å². The highest BCUT2D eigenvalue weighted by molar-refractivity contribution is 5.75. The topological polar surface area (TPSA) is 50.1 Å². The highest BCUT2D eigenvalue weighted by Crippen LogP contribution is 2.32. The lowest BCUT2D eigenvalue weighted by molar-refractivity contribution is -0.140. The van der Waals surface area contributed by atoms with E-state index in [1.54, 1.807) is 6.08 Å². The van der Waals surface area contributed by atoms with E-state index in [0.717, 1.165) is 44.9 Å². The number of carbonyl (C=O) groups is 1. The molecule has 1 aliphatic carbocycles. The number of carbonyl (C=O) groups excluding carboxylic acids is 1. The van der Waals surface area contributed by atoms with Gasteiger partial charge < -0.3 is 4.74 Å². The van der Waals surface area contributed by atoms with Crippen molar-refractivity contribution in [2.24, 2.45) is 11.8 Å². The SMILES string of the molecule is CCCCCCc1ccc(OC(=O)C2CCC(CCC=CC=CC#N)CC2)cc1. The maximum Gasteiger partial charge on any atom is 0.314 e. The summed E-state index contributed by atoms with van der Waals surface area (Å²) in [6, 6.07) is 10.0. The van der Waals surface area contributed by atoms with Crippen LogP contribution in [-0.2, 0) is 11.2 Å². The molecule has 1 aliphatic rings. The van der Waals surface area contributed by atoms with Crippen molar-refractivity contribution in [3.8, 4) is 11.8 Å². The first-order valence-electron chi connectivity index (χ1n) is 11.2. The van der Waals surface area contributed by atoms with Gasteiger partial charge in [0.2, 0.25) is 0 Å². The summed E-state index contributed by atoms with van der Waals surface area (Å²) in [6.07, 6.45) is 19.7. The first kappa shape index (κ1) is 22.9. The average molecular weight is 394 g/mol. The molecule has 0 saturated heterocycles. The first-order valence-corrected chi connectivity index (χ1v) is 11.2. The van der Waals surface area contributed by atoms with Crippen molar-refractivity contribution < 1.29 is 9.53 Å². The molecule has 0 heterocycles. The minimum absolute atomic E-state index is 0.0362. The Labute approximate surface area is 176 Å². The first-order chi connectivity index (χ1) is 14.2. The van der Waals surface area contributed by atoms with Crippen molar-refractivity contribution in [2.45, 2.75) is 77.6 Å². The number of nitriles is 1. The van der Waals surface area contributed by atoms with Gasteiger partial charge in [0.1, 0.15) is 5.75 Å². The predicted molar refractivity (Wildman–Crippen MR) is 118 cm³/mol. The molecular formula is C26H35NO2. The lowest BCUT2D eigenvalue weighted by Gasteiger charge is -2.26. The zero-order valence-electron chi connectivity index (χ0n) is 17.8. The molecule has 0 bridgehead atoms. The quantitative estimate of drug-likeness (QED) is 0.134. The van der Waals surface area contributed by atoms with Crippen LogP contribution in [0.25, 0.3) is 0 Å². The Balaban J connectivity index is 1.67. The molecule has 1 saturated carbocycles. The van der Waals surface area contributed by atoms with Gasteiger partial charge in [-0.25, -0.2) is 0 Å². The standard InChI is InChI=1S/C26H35NO2/c1-2-3-4-8-11-23-15-19-25(20-16-23)29-26(28)24-17-13-22(14-18-24)12-9-6-5-7-10-21-27/h5-7,10,15-16,19-20,22,24H,2-4,8-9,11-14,17-18H2,1H3. The van der Waals surface area contributed by atoms with Gasteiger partial charge in [0.15, 0.2) is 0 Å². The second-order valence-corrected chi connectivity index (χ2v) is 8.09. The Morgan fingerprint density at radius 2 is 1.86 bits per heavy atom. The van der Waals surface area contributed by atoms with Gasteiger partial charge in [-0.3, -0.25) is 4.79 Å². The van der Waals surface area contributed by atoms with Crippen molar-refractivity contribution in [2.75, 3.05) is 0 Å². The van der Waals surface area contributed by atoms with Crippen molar-refractivity contribution >= 4 is 5.97 Å². The molecule has 3 heteroatoms. The van der Waals surface area contributed by atoms with Crippen LogP contribution in [-0.4, -0.2) is 5.97 Å². The molecule has 0 atom stereocenters. The summed E-state index contributed by atoms with van der Waals surface area (Å²) in [4.78, 5) is 12.5. The molecule has 1 aromatic rings. The third kappa shape index (κ3) is 9.13. The molecular weight excluding hydrogens is 358 g/mol. The summed E-state index contributed by atoms with van der Waals surface area (Å²) in [7, 11) is 0. The largest absolute Gasteiger partial charge is 0.426 e. The van der Waals surface area contributed by atoms with Gasteiger partial charge in [-0.2, -0.15) is 5.26 Å². The summed E-state index contributed by atoms with van der Waals surface area (Å²) in [6.45, 7) is 2.23. The molecule has 29 heavy (non-hydrogen) atoms. The van der Waals surface area contributed by atoms with Gasteiger partial charge in [-0.15, -0.1) is 0 Å². The third-order valence-electron chi connectivity index (χ3n) is 5.80. The molecule has 0 spiro atoms. The second-order valence-electron chi connectivity index (χ2n) is 8.09. The number of hydrogen-bond acceptors (Lipinski definition) is 3. The fourth-order valence-electron chi connectivity index (χ4n) is 3.97. The summed E-state index contributed by atoms with van der Waals surface area (Å²) >= 11 is 0. The Hall–Kier alpha value is -2.34. The molecule has 2 rings (SSSR count). The average Bonchev–Trinajstić information content (AvgIpc) is 2.75. The maximum absolute atomic E-state index is 12.5. The number of rotatable bonds is 11. The minimum atomic E-state index is -0.0688. The van der Waals surface area contributed by atoms with E-state index < -0.39 is 0 Å². The Bertz CT molecular complexity index is 688. The number of hydrogen-bond donors (Lipinski definition) is 0. The molecule has 0 N–H and O–H groups in total. The van der Waals surface area contributed by atoms with E-state index in [2.05, 4.69) is 25.1 Å². The summed E-state index contributed by atoms with van der Waals surface area (Å²) in [5.41, 5.74) is 1.32. The van der Waals surface area contributed by atoms with Crippen LogP contribution in [0.15, 0.2) is 48.6 Å². The maximum atomic E-state index is 12.5. The number of esters is 1. The van der Waals surface area contributed by atoms with Gasteiger partial charge in [-0.05, 0) is 75.0 Å². The van der Waals surface area contributed by atoms with Gasteiger partial charge in [0.25, 0.3) is 0 Å². The van der Waals surface area contributed by atoms with Crippen molar-refractivity contribution in [3.63, 3.8) is 0 Å². The van der Waals surface area contributed by atoms with E-state index >= 15 is 0 Å². The number of aryl methyl sites for hydroxylation is 1. The van der Waals surface area contributed by atoms with Crippen molar-refractivity contribution in [1.29, 1.82) is 5.26 Å². The fraction of sp³-hybridized carbons (Fsp3) is 0.538. The molecule has 0 amide bonds. The second kappa shape index (κ2) is 13.8. The Morgan fingerprint density at radius 3 is 2.55 bits per heavy atom. The van der Waals surface area contributed by atoms with E-state index in [1.165, 1.54) is 37.3 Å². The lowest BCUT2D eigenvalue weighted by atomic mass is 9.80. The van der Waals surface area contributed by atoms with Gasteiger partial charge in [-0.1, -0.05) is 56.5 Å². The van der Waals surface area contributed by atoms with Crippen LogP contribution in [0.5, 0.6) is 5.75 Å². The van der Waals surface area contributed by atoms with E-state index in [9.17, 15) is 4.79 Å². The monoisotopic (exact) mass is 393 g/mol. The summed E-state index contributed by atoms with van der Waals surface area (Å²) < 4.78 is 5.64. The number of benzene rings is 1. The molecule has 0 radical (unpaired) electrons. The Kier molecular flexibility index (Phi) is 10.9. The summed E-state index contributed by atoms with van der Waals surface area (Å²) in [5.74, 6) is 1.33. The lowest BCUT2D eigenvalue weighted by Crippen LogP contribution is -2.25. The van der Waals surface area contributed by atoms with Crippen LogP contribution in [0.4, 0.5) is 0 Å². The minimum Gasteiger partial charge on any atom is -0.426 e. The molecule has 0 aliphatic heterocycles. The van der Waals surface area contributed by atoms with E-state index in [1.807, 2.05) is 24.3 Å². The van der Waals surface area contributed by atoms with Crippen LogP contribution >= 0.6 is 0 Å². The highest BCUT2D eigenvalue weighted by atomic mass is 16.5. The molecule has 156 valence electrons. The number of ether oxygens (including phenoxy) is 1. The smallest absolute Gasteiger partial charge is 0.314 e. The zero-order valence-corrected chi connectivity index (χ0v) is 17.8. The van der Waals surface area contributed by atoms with Crippen LogP contribution in [0.2, 0.25) is 0 Å². The van der Waals surface area contributed by atoms with Crippen LogP contribution in [0.1, 0.15) is 76.7 Å².